The molecule has 2 aliphatic heterocycles. The molecule has 2 aliphatic rings. The van der Waals surface area contributed by atoms with Gasteiger partial charge < -0.3 is 4.90 Å². The molecule has 5 rings (SSSR count). The van der Waals surface area contributed by atoms with Gasteiger partial charge in [0.2, 0.25) is 0 Å². The summed E-state index contributed by atoms with van der Waals surface area (Å²) in [5, 5.41) is 8.75. The van der Waals surface area contributed by atoms with Crippen LogP contribution in [0.1, 0.15) is 33.7 Å². The lowest BCUT2D eigenvalue weighted by Gasteiger charge is -2.26. The normalized spacial score (nSPS) is 15.5. The molecule has 4 heterocycles. The molecule has 1 amide bonds. The van der Waals surface area contributed by atoms with Crippen molar-refractivity contribution in [1.82, 2.24) is 24.5 Å². The first kappa shape index (κ1) is 18.0. The minimum Gasteiger partial charge on any atom is -0.332 e. The van der Waals surface area contributed by atoms with Crippen molar-refractivity contribution in [3.63, 3.8) is 0 Å². The summed E-state index contributed by atoms with van der Waals surface area (Å²) in [7, 11) is 1.67. The van der Waals surface area contributed by atoms with Crippen LogP contribution in [0.5, 0.6) is 0 Å². The minimum absolute atomic E-state index is 0.0788. The first-order valence-electron chi connectivity index (χ1n) is 9.47. The number of amides is 1. The number of hydrogen-bond acceptors (Lipinski definition) is 3. The highest BCUT2D eigenvalue weighted by molar-refractivity contribution is 5.95. The summed E-state index contributed by atoms with van der Waals surface area (Å²) in [5.41, 5.74) is 3.87. The standard InChI is InChI=1S/C20H18F3N5O/c1-26-19(11-7-14(21)18(23)15(22)8-11)12-4-6-27(10-16(12)25-26)20(29)13-9-24-28-5-2-3-17(13)28/h7-9H,2-6,10H2,1H3. The molecule has 9 heteroatoms. The van der Waals surface area contributed by atoms with Crippen molar-refractivity contribution in [3.8, 4) is 11.3 Å². The molecule has 0 N–H and O–H groups in total. The molecule has 2 aromatic heterocycles. The van der Waals surface area contributed by atoms with Gasteiger partial charge in [-0.2, -0.15) is 10.2 Å². The maximum atomic E-state index is 13.7. The Labute approximate surface area is 164 Å². The van der Waals surface area contributed by atoms with Gasteiger partial charge in [0.1, 0.15) is 0 Å². The van der Waals surface area contributed by atoms with Gasteiger partial charge in [0, 0.05) is 31.3 Å². The lowest BCUT2D eigenvalue weighted by atomic mass is 9.99. The van der Waals surface area contributed by atoms with E-state index in [2.05, 4.69) is 10.2 Å². The van der Waals surface area contributed by atoms with Crippen LogP contribution in [0.3, 0.4) is 0 Å². The van der Waals surface area contributed by atoms with Crippen molar-refractivity contribution in [1.29, 1.82) is 0 Å². The monoisotopic (exact) mass is 401 g/mol. The Kier molecular flexibility index (Phi) is 4.01. The van der Waals surface area contributed by atoms with E-state index in [1.54, 1.807) is 18.1 Å². The summed E-state index contributed by atoms with van der Waals surface area (Å²) in [4.78, 5) is 14.7. The van der Waals surface area contributed by atoms with E-state index in [1.807, 2.05) is 4.68 Å². The van der Waals surface area contributed by atoms with Crippen molar-refractivity contribution < 1.29 is 18.0 Å². The van der Waals surface area contributed by atoms with E-state index < -0.39 is 17.5 Å². The van der Waals surface area contributed by atoms with Gasteiger partial charge >= 0.3 is 0 Å². The van der Waals surface area contributed by atoms with Crippen LogP contribution in [-0.4, -0.2) is 36.9 Å². The smallest absolute Gasteiger partial charge is 0.257 e. The van der Waals surface area contributed by atoms with Crippen molar-refractivity contribution in [2.75, 3.05) is 6.54 Å². The lowest BCUT2D eigenvalue weighted by molar-refractivity contribution is 0.0731. The number of rotatable bonds is 2. The van der Waals surface area contributed by atoms with Gasteiger partial charge in [-0.3, -0.25) is 14.2 Å². The van der Waals surface area contributed by atoms with Gasteiger partial charge in [-0.25, -0.2) is 13.2 Å². The molecule has 0 saturated carbocycles. The molecule has 0 aliphatic carbocycles. The average Bonchev–Trinajstić information content (AvgIpc) is 3.38. The fraction of sp³-hybridized carbons (Fsp3) is 0.350. The zero-order valence-corrected chi connectivity index (χ0v) is 15.8. The zero-order valence-electron chi connectivity index (χ0n) is 15.8. The molecular weight excluding hydrogens is 383 g/mol. The van der Waals surface area contributed by atoms with Crippen molar-refractivity contribution in [2.45, 2.75) is 32.4 Å². The van der Waals surface area contributed by atoms with Gasteiger partial charge in [0.05, 0.1) is 35.4 Å². The summed E-state index contributed by atoms with van der Waals surface area (Å²) < 4.78 is 44.2. The predicted molar refractivity (Wildman–Crippen MR) is 97.5 cm³/mol. The molecule has 0 unspecified atom stereocenters. The van der Waals surface area contributed by atoms with E-state index in [0.29, 0.717) is 36.5 Å². The van der Waals surface area contributed by atoms with Gasteiger partial charge in [-0.1, -0.05) is 0 Å². The number of benzene rings is 1. The molecule has 0 bridgehead atoms. The van der Waals surface area contributed by atoms with E-state index in [-0.39, 0.29) is 11.5 Å². The first-order valence-corrected chi connectivity index (χ1v) is 9.47. The number of nitrogens with zero attached hydrogens (tertiary/aromatic N) is 5. The van der Waals surface area contributed by atoms with Gasteiger partial charge in [0.15, 0.2) is 17.5 Å². The summed E-state index contributed by atoms with van der Waals surface area (Å²) in [6, 6.07) is 1.95. The maximum Gasteiger partial charge on any atom is 0.257 e. The van der Waals surface area contributed by atoms with Crippen LogP contribution >= 0.6 is 0 Å². The highest BCUT2D eigenvalue weighted by Crippen LogP contribution is 2.32. The predicted octanol–water partition coefficient (Wildman–Crippen LogP) is 2.85. The second-order valence-electron chi connectivity index (χ2n) is 7.46. The number of halogens is 3. The highest BCUT2D eigenvalue weighted by Gasteiger charge is 2.31. The Balaban J connectivity index is 1.47. The van der Waals surface area contributed by atoms with E-state index in [9.17, 15) is 18.0 Å². The van der Waals surface area contributed by atoms with Crippen molar-refractivity contribution >= 4 is 5.91 Å². The summed E-state index contributed by atoms with van der Waals surface area (Å²) in [6.45, 7) is 1.60. The molecule has 6 nitrogen and oxygen atoms in total. The van der Waals surface area contributed by atoms with Crippen LogP contribution in [0.4, 0.5) is 13.2 Å². The van der Waals surface area contributed by atoms with Crippen molar-refractivity contribution in [3.05, 3.63) is 58.3 Å². The largest absolute Gasteiger partial charge is 0.332 e. The Morgan fingerprint density at radius 2 is 1.86 bits per heavy atom. The van der Waals surface area contributed by atoms with Gasteiger partial charge in [-0.15, -0.1) is 0 Å². The summed E-state index contributed by atoms with van der Waals surface area (Å²) in [6.07, 6.45) is 3.95. The molecule has 0 fully saturated rings. The Hall–Kier alpha value is -3.10. The second kappa shape index (κ2) is 6.47. The van der Waals surface area contributed by atoms with Gasteiger partial charge in [-0.05, 0) is 31.4 Å². The third-order valence-electron chi connectivity index (χ3n) is 5.71. The fourth-order valence-corrected chi connectivity index (χ4v) is 4.36. The molecule has 0 atom stereocenters. The zero-order chi connectivity index (χ0) is 20.3. The third kappa shape index (κ3) is 2.75. The number of carbonyl (C=O) groups is 1. The minimum atomic E-state index is -1.49. The van der Waals surface area contributed by atoms with Crippen LogP contribution in [0.2, 0.25) is 0 Å². The topological polar surface area (TPSA) is 56.0 Å². The third-order valence-corrected chi connectivity index (χ3v) is 5.71. The fourth-order valence-electron chi connectivity index (χ4n) is 4.36. The molecule has 0 radical (unpaired) electrons. The Morgan fingerprint density at radius 3 is 2.62 bits per heavy atom. The van der Waals surface area contributed by atoms with Crippen LogP contribution < -0.4 is 0 Å². The van der Waals surface area contributed by atoms with E-state index in [4.69, 9.17) is 0 Å². The molecule has 29 heavy (non-hydrogen) atoms. The molecule has 1 aromatic carbocycles. The number of aryl methyl sites for hydroxylation is 2. The molecule has 0 saturated heterocycles. The van der Waals surface area contributed by atoms with Crippen LogP contribution in [0.15, 0.2) is 18.3 Å². The lowest BCUT2D eigenvalue weighted by Crippen LogP contribution is -2.36. The number of aromatic nitrogens is 4. The highest BCUT2D eigenvalue weighted by atomic mass is 19.2. The Bertz CT molecular complexity index is 1130. The number of hydrogen-bond donors (Lipinski definition) is 0. The molecular formula is C20H18F3N5O. The second-order valence-corrected chi connectivity index (χ2v) is 7.46. The molecule has 150 valence electrons. The summed E-state index contributed by atoms with van der Waals surface area (Å²) >= 11 is 0. The van der Waals surface area contributed by atoms with Crippen LogP contribution in [0.25, 0.3) is 11.3 Å². The van der Waals surface area contributed by atoms with Crippen LogP contribution in [0, 0.1) is 17.5 Å². The Morgan fingerprint density at radius 1 is 1.10 bits per heavy atom. The maximum absolute atomic E-state index is 13.7. The molecule has 0 spiro atoms. The summed E-state index contributed by atoms with van der Waals surface area (Å²) in [5.74, 6) is -4.05. The first-order chi connectivity index (χ1) is 13.9. The van der Waals surface area contributed by atoms with Crippen molar-refractivity contribution in [2.24, 2.45) is 7.05 Å². The number of fused-ring (bicyclic) bond motifs is 2. The van der Waals surface area contributed by atoms with Crippen LogP contribution in [-0.2, 0) is 33.0 Å². The van der Waals surface area contributed by atoms with Gasteiger partial charge in [0.25, 0.3) is 5.91 Å². The van der Waals surface area contributed by atoms with E-state index in [1.165, 1.54) is 4.68 Å². The molecule has 3 aromatic rings. The number of carbonyl (C=O) groups excluding carboxylic acids is 1. The average molecular weight is 401 g/mol. The van der Waals surface area contributed by atoms with E-state index in [0.717, 1.165) is 42.8 Å². The quantitative estimate of drug-likeness (QED) is 0.621. The van der Waals surface area contributed by atoms with E-state index >= 15 is 0 Å². The SMILES string of the molecule is Cn1nc2c(c1-c1cc(F)c(F)c(F)c1)CCN(C(=O)c1cnn3c1CCC3)C2.